The zero-order chi connectivity index (χ0) is 7.82. The molecule has 0 heterocycles. The van der Waals surface area contributed by atoms with Gasteiger partial charge in [0.1, 0.15) is 0 Å². The molecule has 0 spiro atoms. The molecule has 62 valence electrons. The Morgan fingerprint density at radius 2 is 1.90 bits per heavy atom. The summed E-state index contributed by atoms with van der Waals surface area (Å²) in [7, 11) is 0. The molecule has 3 N–H and O–H groups in total. The highest BCUT2D eigenvalue weighted by Crippen LogP contribution is 2.13. The summed E-state index contributed by atoms with van der Waals surface area (Å²) in [5, 5.41) is 0. The summed E-state index contributed by atoms with van der Waals surface area (Å²) in [4.78, 5) is 0. The molecule has 0 rings (SSSR count). The van der Waals surface area contributed by atoms with Crippen molar-refractivity contribution in [3.63, 3.8) is 0 Å². The minimum absolute atomic E-state index is 0.911. The molecule has 0 saturated heterocycles. The van der Waals surface area contributed by atoms with Crippen LogP contribution in [0, 0.1) is 5.92 Å². The van der Waals surface area contributed by atoms with Crippen molar-refractivity contribution in [1.82, 2.24) is 5.43 Å². The fraction of sp³-hybridized carbons (Fsp3) is 1.00. The molecular formula is C8H20N2. The molecule has 0 radical (unpaired) electrons. The van der Waals surface area contributed by atoms with Gasteiger partial charge in [-0.05, 0) is 18.8 Å². The van der Waals surface area contributed by atoms with E-state index in [1.807, 2.05) is 0 Å². The zero-order valence-corrected chi connectivity index (χ0v) is 7.19. The average molecular weight is 144 g/mol. The third-order valence-electron chi connectivity index (χ3n) is 2.09. The lowest BCUT2D eigenvalue weighted by molar-refractivity contribution is 0.434. The Morgan fingerprint density at radius 3 is 2.30 bits per heavy atom. The maximum atomic E-state index is 5.15. The first-order chi connectivity index (χ1) is 4.85. The van der Waals surface area contributed by atoms with Gasteiger partial charge < -0.3 is 0 Å². The lowest BCUT2D eigenvalue weighted by Crippen LogP contribution is -2.23. The van der Waals surface area contributed by atoms with Crippen molar-refractivity contribution in [1.29, 1.82) is 0 Å². The first kappa shape index (κ1) is 9.92. The summed E-state index contributed by atoms with van der Waals surface area (Å²) in [6.07, 6.45) is 5.14. The normalized spacial score (nSPS) is 10.8. The average Bonchev–Trinajstić information content (AvgIpc) is 1.99. The molecule has 0 fully saturated rings. The predicted molar refractivity (Wildman–Crippen MR) is 45.5 cm³/mol. The molecule has 0 amide bonds. The minimum atomic E-state index is 0.911. The van der Waals surface area contributed by atoms with Gasteiger partial charge in [0, 0.05) is 6.54 Å². The molecule has 0 atom stereocenters. The van der Waals surface area contributed by atoms with Crippen LogP contribution in [0.4, 0.5) is 0 Å². The summed E-state index contributed by atoms with van der Waals surface area (Å²) in [5.74, 6) is 6.06. The molecule has 0 aromatic carbocycles. The van der Waals surface area contributed by atoms with Gasteiger partial charge in [-0.2, -0.15) is 0 Å². The van der Waals surface area contributed by atoms with Crippen molar-refractivity contribution >= 4 is 0 Å². The lowest BCUT2D eigenvalue weighted by Gasteiger charge is -2.10. The van der Waals surface area contributed by atoms with Crippen LogP contribution in [0.5, 0.6) is 0 Å². The van der Waals surface area contributed by atoms with E-state index in [0.29, 0.717) is 0 Å². The Morgan fingerprint density at radius 1 is 1.30 bits per heavy atom. The second-order valence-electron chi connectivity index (χ2n) is 2.78. The van der Waals surface area contributed by atoms with Crippen LogP contribution in [0.15, 0.2) is 0 Å². The zero-order valence-electron chi connectivity index (χ0n) is 7.19. The van der Waals surface area contributed by atoms with Gasteiger partial charge in [-0.25, -0.2) is 0 Å². The monoisotopic (exact) mass is 144 g/mol. The number of hydrogen-bond acceptors (Lipinski definition) is 2. The maximum absolute atomic E-state index is 5.15. The maximum Gasteiger partial charge on any atom is 0.00975 e. The van der Waals surface area contributed by atoms with Crippen molar-refractivity contribution in [2.45, 2.75) is 39.5 Å². The summed E-state index contributed by atoms with van der Waals surface area (Å²) in [6.45, 7) is 5.46. The molecule has 0 unspecified atom stereocenters. The Kier molecular flexibility index (Phi) is 6.98. The smallest absolute Gasteiger partial charge is 0.00975 e. The van der Waals surface area contributed by atoms with Gasteiger partial charge in [0.2, 0.25) is 0 Å². The molecule has 0 aliphatic heterocycles. The summed E-state index contributed by atoms with van der Waals surface area (Å²) in [6, 6.07) is 0. The predicted octanol–water partition coefficient (Wildman–Crippen LogP) is 1.67. The highest BCUT2D eigenvalue weighted by molar-refractivity contribution is 4.54. The molecule has 2 nitrogen and oxygen atoms in total. The summed E-state index contributed by atoms with van der Waals surface area (Å²) >= 11 is 0. The summed E-state index contributed by atoms with van der Waals surface area (Å²) < 4.78 is 0. The number of nitrogens with one attached hydrogen (secondary N) is 1. The topological polar surface area (TPSA) is 38.0 Å². The Hall–Kier alpha value is -0.0800. The lowest BCUT2D eigenvalue weighted by atomic mass is 9.98. The van der Waals surface area contributed by atoms with Gasteiger partial charge in [-0.1, -0.05) is 26.7 Å². The van der Waals surface area contributed by atoms with E-state index in [2.05, 4.69) is 19.3 Å². The summed E-state index contributed by atoms with van der Waals surface area (Å²) in [5.41, 5.74) is 2.67. The van der Waals surface area contributed by atoms with Gasteiger partial charge in [0.25, 0.3) is 0 Å². The Bertz CT molecular complexity index is 60.3. The Balaban J connectivity index is 3.09. The third-order valence-corrected chi connectivity index (χ3v) is 2.09. The van der Waals surface area contributed by atoms with E-state index in [1.165, 1.54) is 25.7 Å². The van der Waals surface area contributed by atoms with Crippen LogP contribution in [0.1, 0.15) is 39.5 Å². The van der Waals surface area contributed by atoms with Crippen molar-refractivity contribution in [3.05, 3.63) is 0 Å². The first-order valence-electron chi connectivity index (χ1n) is 4.28. The van der Waals surface area contributed by atoms with Gasteiger partial charge in [0.15, 0.2) is 0 Å². The van der Waals surface area contributed by atoms with Crippen molar-refractivity contribution < 1.29 is 0 Å². The van der Waals surface area contributed by atoms with E-state index in [4.69, 9.17) is 5.84 Å². The van der Waals surface area contributed by atoms with Gasteiger partial charge >= 0.3 is 0 Å². The third kappa shape index (κ3) is 4.77. The number of nitrogens with two attached hydrogens (primary N) is 1. The van der Waals surface area contributed by atoms with Gasteiger partial charge in [-0.15, -0.1) is 0 Å². The van der Waals surface area contributed by atoms with Gasteiger partial charge in [-0.3, -0.25) is 11.3 Å². The second kappa shape index (κ2) is 7.03. The number of hydrazine groups is 1. The van der Waals surface area contributed by atoms with Crippen LogP contribution in [-0.2, 0) is 0 Å². The van der Waals surface area contributed by atoms with Crippen LogP contribution in [0.25, 0.3) is 0 Å². The number of hydrogen-bond donors (Lipinski definition) is 2. The van der Waals surface area contributed by atoms with E-state index < -0.39 is 0 Å². The van der Waals surface area contributed by atoms with Gasteiger partial charge in [0.05, 0.1) is 0 Å². The molecule has 0 saturated carbocycles. The van der Waals surface area contributed by atoms with E-state index >= 15 is 0 Å². The molecule has 0 bridgehead atoms. The highest BCUT2D eigenvalue weighted by atomic mass is 15.2. The van der Waals surface area contributed by atoms with Crippen LogP contribution in [-0.4, -0.2) is 6.54 Å². The van der Waals surface area contributed by atoms with Crippen LogP contribution >= 0.6 is 0 Å². The highest BCUT2D eigenvalue weighted by Gasteiger charge is 2.00. The largest absolute Gasteiger partial charge is 0.271 e. The van der Waals surface area contributed by atoms with E-state index in [1.54, 1.807) is 0 Å². The minimum Gasteiger partial charge on any atom is -0.271 e. The quantitative estimate of drug-likeness (QED) is 0.338. The molecule has 2 heteroatoms. The first-order valence-corrected chi connectivity index (χ1v) is 4.28. The SMILES string of the molecule is CCC(CC)CCCNN. The fourth-order valence-electron chi connectivity index (χ4n) is 1.19. The second-order valence-corrected chi connectivity index (χ2v) is 2.78. The molecule has 0 aliphatic rings. The standard InChI is InChI=1S/C8H20N2/c1-3-8(4-2)6-5-7-10-9/h8,10H,3-7,9H2,1-2H3. The van der Waals surface area contributed by atoms with E-state index in [9.17, 15) is 0 Å². The van der Waals surface area contributed by atoms with Crippen molar-refractivity contribution in [2.24, 2.45) is 11.8 Å². The number of rotatable bonds is 6. The Labute approximate surface area is 64.2 Å². The van der Waals surface area contributed by atoms with Crippen molar-refractivity contribution in [3.8, 4) is 0 Å². The molecule has 10 heavy (non-hydrogen) atoms. The van der Waals surface area contributed by atoms with Crippen molar-refractivity contribution in [2.75, 3.05) is 6.54 Å². The van der Waals surface area contributed by atoms with E-state index in [-0.39, 0.29) is 0 Å². The fourth-order valence-corrected chi connectivity index (χ4v) is 1.19. The van der Waals surface area contributed by atoms with Crippen LogP contribution in [0.2, 0.25) is 0 Å². The van der Waals surface area contributed by atoms with Crippen LogP contribution < -0.4 is 11.3 Å². The van der Waals surface area contributed by atoms with E-state index in [0.717, 1.165) is 12.5 Å². The molecule has 0 aliphatic carbocycles. The molecule has 0 aromatic heterocycles. The molecular weight excluding hydrogens is 124 g/mol. The van der Waals surface area contributed by atoms with Crippen LogP contribution in [0.3, 0.4) is 0 Å². The molecule has 0 aromatic rings.